The predicted octanol–water partition coefficient (Wildman–Crippen LogP) is -0.202. The maximum atomic E-state index is 10.6. The topological polar surface area (TPSA) is 77.8 Å². The van der Waals surface area contributed by atoms with E-state index in [1.807, 2.05) is 0 Å². The van der Waals surface area contributed by atoms with Crippen LogP contribution in [-0.4, -0.2) is 27.6 Å². The fourth-order valence-corrected chi connectivity index (χ4v) is 1.57. The number of carbonyl (C=O) groups is 1. The van der Waals surface area contributed by atoms with Gasteiger partial charge in [0, 0.05) is 0 Å². The van der Waals surface area contributed by atoms with Gasteiger partial charge in [-0.2, -0.15) is 0 Å². The third-order valence-corrected chi connectivity index (χ3v) is 2.63. The molecular weight excluding hydrogens is 148 g/mol. The van der Waals surface area contributed by atoms with Gasteiger partial charge in [0.2, 0.25) is 0 Å². The molecule has 64 valence electrons. The molecule has 1 fully saturated rings. The molecule has 0 amide bonds. The second-order valence-corrected chi connectivity index (χ2v) is 3.71. The second kappa shape index (κ2) is 1.95. The van der Waals surface area contributed by atoms with E-state index in [0.29, 0.717) is 6.42 Å². The van der Waals surface area contributed by atoms with Crippen LogP contribution in [0, 0.1) is 10.8 Å². The highest BCUT2D eigenvalue weighted by molar-refractivity contribution is 5.80. The van der Waals surface area contributed by atoms with Gasteiger partial charge >= 0.3 is 5.97 Å². The Hall–Kier alpha value is -0.610. The van der Waals surface area contributed by atoms with Crippen LogP contribution in [-0.2, 0) is 4.79 Å². The quantitative estimate of drug-likeness (QED) is 0.489. The lowest BCUT2D eigenvalue weighted by molar-refractivity contribution is -0.167. The molecule has 3 N–H and O–H groups in total. The zero-order chi connectivity index (χ0) is 8.86. The van der Waals surface area contributed by atoms with Crippen molar-refractivity contribution >= 4 is 5.97 Å². The highest BCUT2D eigenvalue weighted by Crippen LogP contribution is 2.65. The van der Waals surface area contributed by atoms with E-state index in [4.69, 9.17) is 15.3 Å². The van der Waals surface area contributed by atoms with Crippen LogP contribution in [0.1, 0.15) is 20.3 Å². The number of carboxylic acids is 1. The van der Waals surface area contributed by atoms with Crippen LogP contribution in [0.2, 0.25) is 0 Å². The summed E-state index contributed by atoms with van der Waals surface area (Å²) in [4.78, 5) is 10.6. The van der Waals surface area contributed by atoms with Gasteiger partial charge in [-0.15, -0.1) is 0 Å². The van der Waals surface area contributed by atoms with Crippen LogP contribution < -0.4 is 0 Å². The maximum absolute atomic E-state index is 10.6. The molecule has 0 spiro atoms. The summed E-state index contributed by atoms with van der Waals surface area (Å²) in [5.41, 5.74) is -1.82. The maximum Gasteiger partial charge on any atom is 0.315 e. The first-order valence-corrected chi connectivity index (χ1v) is 3.44. The third-order valence-electron chi connectivity index (χ3n) is 2.63. The summed E-state index contributed by atoms with van der Waals surface area (Å²) in [6.45, 7) is 3.42. The molecule has 0 aromatic rings. The van der Waals surface area contributed by atoms with Gasteiger partial charge in [0.1, 0.15) is 5.41 Å². The highest BCUT2D eigenvalue weighted by atomic mass is 16.5. The van der Waals surface area contributed by atoms with Crippen LogP contribution >= 0.6 is 0 Å². The van der Waals surface area contributed by atoms with Gasteiger partial charge in [-0.05, 0) is 11.8 Å². The fourth-order valence-electron chi connectivity index (χ4n) is 1.57. The molecule has 0 saturated heterocycles. The van der Waals surface area contributed by atoms with Crippen LogP contribution in [0.5, 0.6) is 0 Å². The number of carboxylic acid groups (broad SMARTS) is 1. The van der Waals surface area contributed by atoms with Crippen molar-refractivity contribution < 1.29 is 20.1 Å². The summed E-state index contributed by atoms with van der Waals surface area (Å²) in [6, 6.07) is 0. The lowest BCUT2D eigenvalue weighted by Gasteiger charge is -2.16. The molecule has 0 heterocycles. The average molecular weight is 160 g/mol. The lowest BCUT2D eigenvalue weighted by Crippen LogP contribution is -2.33. The molecule has 1 aliphatic carbocycles. The first-order chi connectivity index (χ1) is 4.84. The Morgan fingerprint density at radius 2 is 1.82 bits per heavy atom. The van der Waals surface area contributed by atoms with E-state index in [1.54, 1.807) is 13.8 Å². The third kappa shape index (κ3) is 0.862. The number of hydrogen-bond acceptors (Lipinski definition) is 3. The van der Waals surface area contributed by atoms with E-state index in [-0.39, 0.29) is 0 Å². The number of aliphatic hydroxyl groups is 2. The predicted molar refractivity (Wildman–Crippen MR) is 36.7 cm³/mol. The Labute approximate surface area is 64.5 Å². The minimum atomic E-state index is -1.75. The molecule has 1 saturated carbocycles. The molecule has 4 nitrogen and oxygen atoms in total. The second-order valence-electron chi connectivity index (χ2n) is 3.71. The Bertz CT molecular complexity index is 197. The number of rotatable bonds is 2. The van der Waals surface area contributed by atoms with E-state index < -0.39 is 23.1 Å². The first kappa shape index (κ1) is 8.49. The Morgan fingerprint density at radius 3 is 1.82 bits per heavy atom. The zero-order valence-corrected chi connectivity index (χ0v) is 6.53. The van der Waals surface area contributed by atoms with E-state index in [2.05, 4.69) is 0 Å². The van der Waals surface area contributed by atoms with Gasteiger partial charge in [-0.1, -0.05) is 13.8 Å². The van der Waals surface area contributed by atoms with Gasteiger partial charge in [-0.25, -0.2) is 0 Å². The Morgan fingerprint density at radius 1 is 1.45 bits per heavy atom. The van der Waals surface area contributed by atoms with E-state index in [1.165, 1.54) is 0 Å². The van der Waals surface area contributed by atoms with Gasteiger partial charge in [0.15, 0.2) is 6.29 Å². The summed E-state index contributed by atoms with van der Waals surface area (Å²) in [7, 11) is 0. The van der Waals surface area contributed by atoms with Crippen molar-refractivity contribution in [3.05, 3.63) is 0 Å². The lowest BCUT2D eigenvalue weighted by atomic mass is 9.95. The van der Waals surface area contributed by atoms with E-state index in [9.17, 15) is 4.79 Å². The zero-order valence-electron chi connectivity index (χ0n) is 6.53. The minimum absolute atomic E-state index is 0.326. The molecule has 0 aliphatic heterocycles. The molecule has 1 unspecified atom stereocenters. The SMILES string of the molecule is CC1(C)CC1(C(=O)O)C(O)O. The van der Waals surface area contributed by atoms with Crippen LogP contribution in [0.4, 0.5) is 0 Å². The summed E-state index contributed by atoms with van der Waals surface area (Å²) >= 11 is 0. The highest BCUT2D eigenvalue weighted by Gasteiger charge is 2.70. The Kier molecular flexibility index (Phi) is 1.51. The number of hydrogen-bond donors (Lipinski definition) is 3. The summed E-state index contributed by atoms with van der Waals surface area (Å²) in [5, 5.41) is 26.3. The van der Waals surface area contributed by atoms with E-state index >= 15 is 0 Å². The molecule has 0 aromatic carbocycles. The molecular formula is C7H12O4. The molecule has 4 heteroatoms. The van der Waals surface area contributed by atoms with Crippen molar-refractivity contribution in [1.82, 2.24) is 0 Å². The van der Waals surface area contributed by atoms with Crippen molar-refractivity contribution in [1.29, 1.82) is 0 Å². The smallest absolute Gasteiger partial charge is 0.315 e. The van der Waals surface area contributed by atoms with Gasteiger partial charge in [-0.3, -0.25) is 4.79 Å². The molecule has 0 bridgehead atoms. The monoisotopic (exact) mass is 160 g/mol. The molecule has 1 atom stereocenters. The normalized spacial score (nSPS) is 33.9. The van der Waals surface area contributed by atoms with Gasteiger partial charge < -0.3 is 15.3 Å². The molecule has 1 aliphatic rings. The van der Waals surface area contributed by atoms with Crippen molar-refractivity contribution in [3.8, 4) is 0 Å². The van der Waals surface area contributed by atoms with E-state index in [0.717, 1.165) is 0 Å². The molecule has 0 radical (unpaired) electrons. The van der Waals surface area contributed by atoms with Crippen LogP contribution in [0.25, 0.3) is 0 Å². The molecule has 0 aromatic heterocycles. The van der Waals surface area contributed by atoms with Gasteiger partial charge in [0.05, 0.1) is 0 Å². The number of aliphatic carboxylic acids is 1. The average Bonchev–Trinajstić information content (AvgIpc) is 2.35. The minimum Gasteiger partial charge on any atom is -0.481 e. The van der Waals surface area contributed by atoms with Crippen molar-refractivity contribution in [2.75, 3.05) is 0 Å². The first-order valence-electron chi connectivity index (χ1n) is 3.44. The van der Waals surface area contributed by atoms with Crippen LogP contribution in [0.15, 0.2) is 0 Å². The standard InChI is InChI=1S/C7H12O4/c1-6(2)3-7(6,4(8)9)5(10)11/h4,8-9H,3H2,1-2H3,(H,10,11). The van der Waals surface area contributed by atoms with Crippen LogP contribution in [0.3, 0.4) is 0 Å². The fraction of sp³-hybridized carbons (Fsp3) is 0.857. The summed E-state index contributed by atoms with van der Waals surface area (Å²) in [6.07, 6.45) is -1.43. The number of aliphatic hydroxyl groups excluding tert-OH is 1. The van der Waals surface area contributed by atoms with Crippen molar-refractivity contribution in [2.24, 2.45) is 10.8 Å². The van der Waals surface area contributed by atoms with Gasteiger partial charge in [0.25, 0.3) is 0 Å². The largest absolute Gasteiger partial charge is 0.481 e. The Balaban J connectivity index is 2.88. The molecule has 11 heavy (non-hydrogen) atoms. The van der Waals surface area contributed by atoms with Crippen molar-refractivity contribution in [3.63, 3.8) is 0 Å². The summed E-state index contributed by atoms with van der Waals surface area (Å²) < 4.78 is 0. The summed E-state index contributed by atoms with van der Waals surface area (Å²) in [5.74, 6) is -1.13. The van der Waals surface area contributed by atoms with Crippen molar-refractivity contribution in [2.45, 2.75) is 26.6 Å². The molecule has 1 rings (SSSR count).